The Hall–Kier alpha value is -0.700. The highest BCUT2D eigenvalue weighted by atomic mass is 32.2. The number of nitrogens with one attached hydrogen (secondary N) is 1. The summed E-state index contributed by atoms with van der Waals surface area (Å²) in [6, 6.07) is -0.172. The van der Waals surface area contributed by atoms with Crippen LogP contribution in [0.1, 0.15) is 6.92 Å². The SMILES string of the molecule is CC(CO)Nc1ncc(S(N)(=O)=O)s1. The molecule has 1 unspecified atom stereocenters. The van der Waals surface area contributed by atoms with Crippen LogP contribution in [0.5, 0.6) is 0 Å². The first-order chi connectivity index (χ1) is 6.43. The lowest BCUT2D eigenvalue weighted by atomic mass is 10.4. The third-order valence-corrected chi connectivity index (χ3v) is 3.75. The summed E-state index contributed by atoms with van der Waals surface area (Å²) in [5, 5.41) is 16.9. The lowest BCUT2D eigenvalue weighted by Gasteiger charge is -2.07. The van der Waals surface area contributed by atoms with Gasteiger partial charge in [-0.3, -0.25) is 0 Å². The van der Waals surface area contributed by atoms with Crippen molar-refractivity contribution in [1.82, 2.24) is 4.98 Å². The maximum atomic E-state index is 10.9. The predicted molar refractivity (Wildman–Crippen MR) is 53.7 cm³/mol. The number of anilines is 1. The number of thiazole rings is 1. The Balaban J connectivity index is 2.79. The number of hydrogen-bond donors (Lipinski definition) is 3. The van der Waals surface area contributed by atoms with Gasteiger partial charge in [0.05, 0.1) is 12.8 Å². The van der Waals surface area contributed by atoms with Gasteiger partial charge < -0.3 is 10.4 Å². The van der Waals surface area contributed by atoms with Gasteiger partial charge in [0.15, 0.2) is 9.34 Å². The number of sulfonamides is 1. The van der Waals surface area contributed by atoms with Gasteiger partial charge in [-0.15, -0.1) is 0 Å². The Bertz CT molecular complexity index is 400. The molecule has 0 saturated carbocycles. The topological polar surface area (TPSA) is 105 Å². The first kappa shape index (κ1) is 11.4. The number of rotatable bonds is 4. The molecule has 1 aromatic heterocycles. The second-order valence-corrected chi connectivity index (χ2v) is 5.58. The first-order valence-corrected chi connectivity index (χ1v) is 6.16. The Kier molecular flexibility index (Phi) is 3.43. The summed E-state index contributed by atoms with van der Waals surface area (Å²) in [5.41, 5.74) is 0. The van der Waals surface area contributed by atoms with E-state index in [0.29, 0.717) is 5.13 Å². The van der Waals surface area contributed by atoms with Crippen molar-refractivity contribution in [2.75, 3.05) is 11.9 Å². The van der Waals surface area contributed by atoms with Gasteiger partial charge in [0.25, 0.3) is 0 Å². The molecule has 80 valence electrons. The van der Waals surface area contributed by atoms with Crippen LogP contribution in [0, 0.1) is 0 Å². The van der Waals surface area contributed by atoms with Crippen LogP contribution in [-0.2, 0) is 10.0 Å². The minimum atomic E-state index is -3.67. The number of nitrogens with two attached hydrogens (primary N) is 1. The highest BCUT2D eigenvalue weighted by molar-refractivity contribution is 7.91. The third-order valence-electron chi connectivity index (χ3n) is 1.41. The number of aliphatic hydroxyl groups is 1. The Morgan fingerprint density at radius 2 is 2.43 bits per heavy atom. The molecule has 0 aliphatic heterocycles. The van der Waals surface area contributed by atoms with E-state index in [4.69, 9.17) is 10.2 Å². The van der Waals surface area contributed by atoms with Crippen LogP contribution in [-0.4, -0.2) is 31.2 Å². The van der Waals surface area contributed by atoms with E-state index in [-0.39, 0.29) is 16.9 Å². The summed E-state index contributed by atoms with van der Waals surface area (Å²) in [6.45, 7) is 1.70. The molecule has 1 rings (SSSR count). The molecule has 0 spiro atoms. The lowest BCUT2D eigenvalue weighted by Crippen LogP contribution is -2.18. The first-order valence-electron chi connectivity index (χ1n) is 3.79. The van der Waals surface area contributed by atoms with Gasteiger partial charge in [0, 0.05) is 6.04 Å². The van der Waals surface area contributed by atoms with Crippen molar-refractivity contribution in [2.45, 2.75) is 17.2 Å². The molecule has 0 aromatic carbocycles. The van der Waals surface area contributed by atoms with Crippen molar-refractivity contribution in [3.63, 3.8) is 0 Å². The zero-order valence-electron chi connectivity index (χ0n) is 7.47. The van der Waals surface area contributed by atoms with Crippen molar-refractivity contribution in [1.29, 1.82) is 0 Å². The predicted octanol–water partition coefficient (Wildman–Crippen LogP) is -0.417. The standard InChI is InChI=1S/C6H11N3O3S2/c1-4(3-10)9-6-8-2-5(13-6)14(7,11)12/h2,4,10H,3H2,1H3,(H,8,9)(H2,7,11,12). The average molecular weight is 237 g/mol. The molecule has 14 heavy (non-hydrogen) atoms. The smallest absolute Gasteiger partial charge is 0.249 e. The zero-order valence-corrected chi connectivity index (χ0v) is 9.10. The van der Waals surface area contributed by atoms with Gasteiger partial charge in [-0.2, -0.15) is 0 Å². The summed E-state index contributed by atoms with van der Waals surface area (Å²) in [7, 11) is -3.67. The molecule has 0 fully saturated rings. The van der Waals surface area contributed by atoms with Gasteiger partial charge >= 0.3 is 0 Å². The summed E-state index contributed by atoms with van der Waals surface area (Å²) < 4.78 is 21.7. The number of nitrogens with zero attached hydrogens (tertiary/aromatic N) is 1. The summed E-state index contributed by atoms with van der Waals surface area (Å²) >= 11 is 0.937. The highest BCUT2D eigenvalue weighted by Crippen LogP contribution is 2.21. The van der Waals surface area contributed by atoms with E-state index >= 15 is 0 Å². The van der Waals surface area contributed by atoms with Crippen molar-refractivity contribution in [3.8, 4) is 0 Å². The maximum Gasteiger partial charge on any atom is 0.249 e. The van der Waals surface area contributed by atoms with Crippen LogP contribution in [0.2, 0.25) is 0 Å². The molecular formula is C6H11N3O3S2. The number of aliphatic hydroxyl groups excluding tert-OH is 1. The molecule has 1 heterocycles. The van der Waals surface area contributed by atoms with E-state index in [1.165, 1.54) is 6.20 Å². The molecule has 4 N–H and O–H groups in total. The molecule has 0 radical (unpaired) electrons. The quantitative estimate of drug-likeness (QED) is 0.659. The fourth-order valence-electron chi connectivity index (χ4n) is 0.714. The molecule has 0 bridgehead atoms. The van der Waals surface area contributed by atoms with Crippen molar-refractivity contribution >= 4 is 26.5 Å². The lowest BCUT2D eigenvalue weighted by molar-refractivity contribution is 0.281. The van der Waals surface area contributed by atoms with Gasteiger partial charge in [0.1, 0.15) is 0 Å². The largest absolute Gasteiger partial charge is 0.394 e. The van der Waals surface area contributed by atoms with E-state index in [1.807, 2.05) is 0 Å². The van der Waals surface area contributed by atoms with Crippen LogP contribution >= 0.6 is 11.3 Å². The Morgan fingerprint density at radius 3 is 2.86 bits per heavy atom. The molecule has 0 aliphatic carbocycles. The molecule has 8 heteroatoms. The normalized spacial score (nSPS) is 13.9. The maximum absolute atomic E-state index is 10.9. The fourth-order valence-corrected chi connectivity index (χ4v) is 2.28. The summed E-state index contributed by atoms with van der Waals surface area (Å²) in [4.78, 5) is 3.81. The minimum Gasteiger partial charge on any atom is -0.394 e. The number of hydrogen-bond acceptors (Lipinski definition) is 6. The molecule has 1 aromatic rings. The second-order valence-electron chi connectivity index (χ2n) is 2.76. The Labute approximate surface area is 85.8 Å². The fraction of sp³-hybridized carbons (Fsp3) is 0.500. The van der Waals surface area contributed by atoms with Gasteiger partial charge in [-0.1, -0.05) is 11.3 Å². The highest BCUT2D eigenvalue weighted by Gasteiger charge is 2.13. The summed E-state index contributed by atoms with van der Waals surface area (Å²) in [6.07, 6.45) is 1.19. The molecule has 0 saturated heterocycles. The molecule has 0 amide bonds. The van der Waals surface area contributed by atoms with E-state index in [0.717, 1.165) is 11.3 Å². The zero-order chi connectivity index (χ0) is 10.8. The molecule has 6 nitrogen and oxygen atoms in total. The minimum absolute atomic E-state index is 0.00476. The van der Waals surface area contributed by atoms with E-state index in [2.05, 4.69) is 10.3 Å². The van der Waals surface area contributed by atoms with Crippen LogP contribution in [0.25, 0.3) is 0 Å². The number of primary sulfonamides is 1. The van der Waals surface area contributed by atoms with Crippen LogP contribution in [0.4, 0.5) is 5.13 Å². The third kappa shape index (κ3) is 2.91. The van der Waals surface area contributed by atoms with E-state index in [9.17, 15) is 8.42 Å². The van der Waals surface area contributed by atoms with Gasteiger partial charge in [-0.05, 0) is 6.92 Å². The molecule has 1 atom stereocenters. The van der Waals surface area contributed by atoms with E-state index in [1.54, 1.807) is 6.92 Å². The molecule has 0 aliphatic rings. The average Bonchev–Trinajstić information content (AvgIpc) is 2.51. The molecular weight excluding hydrogens is 226 g/mol. The Morgan fingerprint density at radius 1 is 1.79 bits per heavy atom. The monoisotopic (exact) mass is 237 g/mol. The number of aromatic nitrogens is 1. The summed E-state index contributed by atoms with van der Waals surface area (Å²) in [5.74, 6) is 0. The van der Waals surface area contributed by atoms with Crippen molar-refractivity contribution in [3.05, 3.63) is 6.20 Å². The van der Waals surface area contributed by atoms with Crippen molar-refractivity contribution < 1.29 is 13.5 Å². The van der Waals surface area contributed by atoms with E-state index < -0.39 is 10.0 Å². The second kappa shape index (κ2) is 4.22. The van der Waals surface area contributed by atoms with Gasteiger partial charge in [-0.25, -0.2) is 18.5 Å². The van der Waals surface area contributed by atoms with Gasteiger partial charge in [0.2, 0.25) is 10.0 Å². The van der Waals surface area contributed by atoms with Crippen molar-refractivity contribution in [2.24, 2.45) is 5.14 Å². The van der Waals surface area contributed by atoms with Crippen LogP contribution in [0.3, 0.4) is 0 Å². The van der Waals surface area contributed by atoms with Crippen LogP contribution in [0.15, 0.2) is 10.4 Å². The van der Waals surface area contributed by atoms with Crippen LogP contribution < -0.4 is 10.5 Å².